The van der Waals surface area contributed by atoms with Crippen molar-refractivity contribution in [3.63, 3.8) is 0 Å². The highest BCUT2D eigenvalue weighted by Crippen LogP contribution is 2.15. The first-order chi connectivity index (χ1) is 9.79. The number of aromatic nitrogens is 2. The maximum absolute atomic E-state index is 11.9. The van der Waals surface area contributed by atoms with Crippen molar-refractivity contribution in [1.29, 1.82) is 0 Å². The van der Waals surface area contributed by atoms with Crippen LogP contribution in [0.2, 0.25) is 5.02 Å². The van der Waals surface area contributed by atoms with E-state index >= 15 is 0 Å². The first-order valence-electron chi connectivity index (χ1n) is 6.49. The number of H-pyrrole nitrogens is 1. The number of amides is 1. The van der Waals surface area contributed by atoms with Gasteiger partial charge in [0, 0.05) is 11.6 Å². The van der Waals surface area contributed by atoms with E-state index in [1.165, 1.54) is 0 Å². The van der Waals surface area contributed by atoms with Crippen LogP contribution in [0.4, 0.5) is 0 Å². The minimum atomic E-state index is -0.666. The summed E-state index contributed by atoms with van der Waals surface area (Å²) < 4.78 is 0. The molecule has 0 saturated carbocycles. The van der Waals surface area contributed by atoms with E-state index in [9.17, 15) is 9.59 Å². The van der Waals surface area contributed by atoms with Gasteiger partial charge in [0.15, 0.2) is 0 Å². The number of aromatic amines is 1. The van der Waals surface area contributed by atoms with Crippen molar-refractivity contribution in [3.8, 4) is 0 Å². The molecule has 0 spiro atoms. The quantitative estimate of drug-likeness (QED) is 0.772. The Morgan fingerprint density at radius 2 is 2.19 bits per heavy atom. The van der Waals surface area contributed by atoms with E-state index in [0.717, 1.165) is 0 Å². The molecule has 0 unspecified atom stereocenters. The van der Waals surface area contributed by atoms with Gasteiger partial charge in [-0.15, -0.1) is 0 Å². The second kappa shape index (κ2) is 5.83. The second-order valence-electron chi connectivity index (χ2n) is 5.53. The third-order valence-corrected chi connectivity index (χ3v) is 3.48. The fraction of sp³-hybridized carbons (Fsp3) is 0.357. The Kier molecular flexibility index (Phi) is 4.29. The van der Waals surface area contributed by atoms with Crippen molar-refractivity contribution in [3.05, 3.63) is 39.4 Å². The lowest BCUT2D eigenvalue weighted by Crippen LogP contribution is -2.40. The third kappa shape index (κ3) is 3.59. The number of hydrogen-bond acceptors (Lipinski definition) is 4. The number of carbonyl (C=O) groups is 1. The Hall–Kier alpha value is -1.92. The molecule has 2 aromatic rings. The Bertz CT molecular complexity index is 739. The number of halogens is 1. The smallest absolute Gasteiger partial charge is 0.258 e. The van der Waals surface area contributed by atoms with Crippen molar-refractivity contribution in [2.45, 2.75) is 20.4 Å². The zero-order valence-electron chi connectivity index (χ0n) is 11.9. The Balaban J connectivity index is 2.16. The normalized spacial score (nSPS) is 11.8. The molecule has 0 aliphatic rings. The van der Waals surface area contributed by atoms with Crippen LogP contribution in [0.3, 0.4) is 0 Å². The minimum Gasteiger partial charge on any atom is -0.369 e. The largest absolute Gasteiger partial charge is 0.369 e. The predicted molar refractivity (Wildman–Crippen MR) is 82.1 cm³/mol. The van der Waals surface area contributed by atoms with Crippen molar-refractivity contribution < 1.29 is 4.79 Å². The molecule has 1 amide bonds. The lowest BCUT2D eigenvalue weighted by molar-refractivity contribution is -0.125. The number of carbonyl (C=O) groups excluding carboxylic acids is 1. The molecule has 0 radical (unpaired) electrons. The van der Waals surface area contributed by atoms with E-state index in [1.807, 2.05) is 0 Å². The first kappa shape index (κ1) is 15.5. The average molecular weight is 309 g/mol. The summed E-state index contributed by atoms with van der Waals surface area (Å²) in [7, 11) is 0. The molecule has 7 heteroatoms. The van der Waals surface area contributed by atoms with Gasteiger partial charge < -0.3 is 16.0 Å². The molecule has 0 bridgehead atoms. The number of hydrogen-bond donors (Lipinski definition) is 3. The van der Waals surface area contributed by atoms with Crippen molar-refractivity contribution >= 4 is 28.4 Å². The molecule has 1 aromatic carbocycles. The molecule has 0 aliphatic carbocycles. The van der Waals surface area contributed by atoms with Gasteiger partial charge in [0.05, 0.1) is 22.9 Å². The number of primary amides is 1. The summed E-state index contributed by atoms with van der Waals surface area (Å²) >= 11 is 5.90. The Morgan fingerprint density at radius 1 is 1.48 bits per heavy atom. The Morgan fingerprint density at radius 3 is 2.86 bits per heavy atom. The summed E-state index contributed by atoms with van der Waals surface area (Å²) in [6.07, 6.45) is 0. The highest BCUT2D eigenvalue weighted by Gasteiger charge is 2.24. The number of nitrogens with one attached hydrogen (secondary N) is 2. The van der Waals surface area contributed by atoms with Crippen LogP contribution in [0.5, 0.6) is 0 Å². The molecule has 2 rings (SSSR count). The number of nitrogens with zero attached hydrogens (tertiary/aromatic N) is 1. The van der Waals surface area contributed by atoms with Gasteiger partial charge >= 0.3 is 0 Å². The van der Waals surface area contributed by atoms with Crippen LogP contribution in [0.15, 0.2) is 23.0 Å². The molecule has 4 N–H and O–H groups in total. The number of nitrogens with two attached hydrogens (primary N) is 1. The molecule has 1 heterocycles. The van der Waals surface area contributed by atoms with Gasteiger partial charge in [-0.1, -0.05) is 11.6 Å². The molecular weight excluding hydrogens is 292 g/mol. The second-order valence-corrected chi connectivity index (χ2v) is 5.96. The SMILES string of the molecule is CC(C)(CNCc1nc2cc(Cl)ccc2c(=O)[nH]1)C(N)=O. The molecular formula is C14H17ClN4O2. The van der Waals surface area contributed by atoms with E-state index in [-0.39, 0.29) is 11.5 Å². The van der Waals surface area contributed by atoms with Crippen LogP contribution in [0, 0.1) is 5.41 Å². The van der Waals surface area contributed by atoms with Crippen molar-refractivity contribution in [2.24, 2.45) is 11.1 Å². The van der Waals surface area contributed by atoms with Gasteiger partial charge in [-0.05, 0) is 32.0 Å². The van der Waals surface area contributed by atoms with Crippen molar-refractivity contribution in [2.75, 3.05) is 6.54 Å². The van der Waals surface area contributed by atoms with Gasteiger partial charge in [-0.3, -0.25) is 9.59 Å². The standard InChI is InChI=1S/C14H17ClN4O2/c1-14(2,13(16)21)7-17-6-11-18-10-5-8(15)3-4-9(10)12(20)19-11/h3-5,17H,6-7H2,1-2H3,(H2,16,21)(H,18,19,20). The highest BCUT2D eigenvalue weighted by atomic mass is 35.5. The lowest BCUT2D eigenvalue weighted by Gasteiger charge is -2.20. The summed E-state index contributed by atoms with van der Waals surface area (Å²) in [5.41, 5.74) is 4.95. The summed E-state index contributed by atoms with van der Waals surface area (Å²) in [6.45, 7) is 4.21. The molecule has 112 valence electrons. The molecule has 0 atom stereocenters. The molecule has 21 heavy (non-hydrogen) atoms. The number of rotatable bonds is 5. The summed E-state index contributed by atoms with van der Waals surface area (Å²) in [5, 5.41) is 4.07. The highest BCUT2D eigenvalue weighted by molar-refractivity contribution is 6.31. The van der Waals surface area contributed by atoms with Crippen LogP contribution < -0.4 is 16.6 Å². The molecule has 6 nitrogen and oxygen atoms in total. The summed E-state index contributed by atoms with van der Waals surface area (Å²) in [4.78, 5) is 30.2. The van der Waals surface area contributed by atoms with Crippen LogP contribution in [-0.4, -0.2) is 22.4 Å². The maximum atomic E-state index is 11.9. The van der Waals surface area contributed by atoms with Gasteiger partial charge in [-0.25, -0.2) is 4.98 Å². The zero-order valence-corrected chi connectivity index (χ0v) is 12.6. The summed E-state index contributed by atoms with van der Waals surface area (Å²) in [6, 6.07) is 4.92. The lowest BCUT2D eigenvalue weighted by atomic mass is 9.93. The molecule has 1 aromatic heterocycles. The van der Waals surface area contributed by atoms with Gasteiger partial charge in [-0.2, -0.15) is 0 Å². The fourth-order valence-electron chi connectivity index (χ4n) is 1.83. The average Bonchev–Trinajstić information content (AvgIpc) is 2.37. The van der Waals surface area contributed by atoms with Gasteiger partial charge in [0.2, 0.25) is 5.91 Å². The minimum absolute atomic E-state index is 0.220. The van der Waals surface area contributed by atoms with E-state index in [0.29, 0.717) is 34.8 Å². The zero-order chi connectivity index (χ0) is 15.6. The van der Waals surface area contributed by atoms with Crippen LogP contribution in [0.1, 0.15) is 19.7 Å². The predicted octanol–water partition coefficient (Wildman–Crippen LogP) is 1.18. The van der Waals surface area contributed by atoms with Crippen LogP contribution in [0.25, 0.3) is 10.9 Å². The number of benzene rings is 1. The third-order valence-electron chi connectivity index (χ3n) is 3.24. The first-order valence-corrected chi connectivity index (χ1v) is 6.86. The number of fused-ring (bicyclic) bond motifs is 1. The molecule has 0 saturated heterocycles. The molecule has 0 fully saturated rings. The molecule has 0 aliphatic heterocycles. The Labute approximate surface area is 126 Å². The monoisotopic (exact) mass is 308 g/mol. The van der Waals surface area contributed by atoms with Gasteiger partial charge in [0.1, 0.15) is 5.82 Å². The van der Waals surface area contributed by atoms with E-state index < -0.39 is 5.41 Å². The maximum Gasteiger partial charge on any atom is 0.258 e. The fourth-order valence-corrected chi connectivity index (χ4v) is 1.99. The van der Waals surface area contributed by atoms with Crippen LogP contribution >= 0.6 is 11.6 Å². The van der Waals surface area contributed by atoms with Crippen molar-refractivity contribution in [1.82, 2.24) is 15.3 Å². The van der Waals surface area contributed by atoms with E-state index in [4.69, 9.17) is 17.3 Å². The topological polar surface area (TPSA) is 101 Å². The van der Waals surface area contributed by atoms with E-state index in [1.54, 1.807) is 32.0 Å². The van der Waals surface area contributed by atoms with Gasteiger partial charge in [0.25, 0.3) is 5.56 Å². The van der Waals surface area contributed by atoms with E-state index in [2.05, 4.69) is 15.3 Å². The van der Waals surface area contributed by atoms with Crippen LogP contribution in [-0.2, 0) is 11.3 Å². The summed E-state index contributed by atoms with van der Waals surface area (Å²) in [5.74, 6) is 0.0942.